The minimum absolute atomic E-state index is 0.188. The minimum Gasteiger partial charge on any atom is -0.493 e. The zero-order valence-corrected chi connectivity index (χ0v) is 13.7. The second-order valence-corrected chi connectivity index (χ2v) is 6.15. The van der Waals surface area contributed by atoms with Crippen molar-refractivity contribution in [3.63, 3.8) is 0 Å². The third-order valence-corrected chi connectivity index (χ3v) is 4.52. The van der Waals surface area contributed by atoms with Crippen molar-refractivity contribution in [2.24, 2.45) is 5.92 Å². The van der Waals surface area contributed by atoms with Crippen LogP contribution in [0.25, 0.3) is 11.0 Å². The summed E-state index contributed by atoms with van der Waals surface area (Å²) in [5.74, 6) is 2.34. The summed E-state index contributed by atoms with van der Waals surface area (Å²) in [7, 11) is 3.21. The molecule has 0 aliphatic heterocycles. The normalized spacial score (nSPS) is 24.4. The number of anilines is 1. The van der Waals surface area contributed by atoms with E-state index in [0.29, 0.717) is 23.5 Å². The first-order valence-electron chi connectivity index (χ1n) is 7.94. The Balaban J connectivity index is 1.82. The number of aliphatic hydroxyl groups is 1. The van der Waals surface area contributed by atoms with Gasteiger partial charge in [-0.2, -0.15) is 0 Å². The minimum atomic E-state index is -0.188. The van der Waals surface area contributed by atoms with E-state index >= 15 is 0 Å². The second-order valence-electron chi connectivity index (χ2n) is 6.15. The molecule has 3 atom stereocenters. The topological polar surface area (TPSA) is 76.5 Å². The van der Waals surface area contributed by atoms with Gasteiger partial charge in [0.05, 0.1) is 37.6 Å². The summed E-state index contributed by atoms with van der Waals surface area (Å²) in [6, 6.07) is 3.98. The van der Waals surface area contributed by atoms with E-state index in [4.69, 9.17) is 9.47 Å². The maximum atomic E-state index is 9.83. The molecule has 2 aromatic rings. The van der Waals surface area contributed by atoms with Crippen LogP contribution >= 0.6 is 0 Å². The van der Waals surface area contributed by atoms with Crippen molar-refractivity contribution in [1.29, 1.82) is 0 Å². The van der Waals surface area contributed by atoms with E-state index < -0.39 is 0 Å². The molecule has 6 nitrogen and oxygen atoms in total. The lowest BCUT2D eigenvalue weighted by molar-refractivity contribution is 0.0748. The van der Waals surface area contributed by atoms with Crippen LogP contribution in [0.3, 0.4) is 0 Å². The molecule has 3 rings (SSSR count). The van der Waals surface area contributed by atoms with Crippen LogP contribution in [0, 0.1) is 5.92 Å². The highest BCUT2D eigenvalue weighted by Gasteiger charge is 2.26. The van der Waals surface area contributed by atoms with Gasteiger partial charge in [0, 0.05) is 18.2 Å². The number of ether oxygens (including phenoxy) is 2. The summed E-state index contributed by atoms with van der Waals surface area (Å²) in [6.07, 6.45) is 4.26. The average Bonchev–Trinajstić information content (AvgIpc) is 2.56. The van der Waals surface area contributed by atoms with E-state index in [0.717, 1.165) is 36.1 Å². The maximum absolute atomic E-state index is 9.83. The SMILES string of the molecule is COc1cc2ncc(N[C@H]3CC[C@H](O)[C@@H](C)C3)nc2cc1OC. The highest BCUT2D eigenvalue weighted by molar-refractivity contribution is 5.80. The van der Waals surface area contributed by atoms with Crippen molar-refractivity contribution in [1.82, 2.24) is 9.97 Å². The van der Waals surface area contributed by atoms with Gasteiger partial charge in [-0.15, -0.1) is 0 Å². The molecule has 1 saturated carbocycles. The van der Waals surface area contributed by atoms with Gasteiger partial charge in [-0.1, -0.05) is 6.92 Å². The molecule has 0 spiro atoms. The predicted octanol–water partition coefficient (Wildman–Crippen LogP) is 2.61. The summed E-state index contributed by atoms with van der Waals surface area (Å²) in [6.45, 7) is 2.09. The van der Waals surface area contributed by atoms with Crippen LogP contribution < -0.4 is 14.8 Å². The van der Waals surface area contributed by atoms with Gasteiger partial charge in [0.2, 0.25) is 0 Å². The number of hydrogen-bond donors (Lipinski definition) is 2. The zero-order chi connectivity index (χ0) is 16.4. The number of methoxy groups -OCH3 is 2. The molecule has 1 aliphatic rings. The Kier molecular flexibility index (Phi) is 4.52. The van der Waals surface area contributed by atoms with Crippen LogP contribution in [0.2, 0.25) is 0 Å². The van der Waals surface area contributed by atoms with Crippen molar-refractivity contribution < 1.29 is 14.6 Å². The van der Waals surface area contributed by atoms with E-state index in [2.05, 4.69) is 22.2 Å². The molecule has 1 aromatic heterocycles. The maximum Gasteiger partial charge on any atom is 0.163 e. The molecule has 2 N–H and O–H groups in total. The van der Waals surface area contributed by atoms with Crippen LogP contribution in [0.1, 0.15) is 26.2 Å². The molecule has 6 heteroatoms. The van der Waals surface area contributed by atoms with Crippen LogP contribution in [0.15, 0.2) is 18.3 Å². The second kappa shape index (κ2) is 6.58. The number of nitrogens with zero attached hydrogens (tertiary/aromatic N) is 2. The third-order valence-electron chi connectivity index (χ3n) is 4.52. The van der Waals surface area contributed by atoms with Crippen LogP contribution in [-0.4, -0.2) is 41.4 Å². The number of fused-ring (bicyclic) bond motifs is 1. The number of aliphatic hydroxyl groups excluding tert-OH is 1. The zero-order valence-electron chi connectivity index (χ0n) is 13.7. The van der Waals surface area contributed by atoms with E-state index in [1.54, 1.807) is 20.4 Å². The highest BCUT2D eigenvalue weighted by Crippen LogP contribution is 2.31. The van der Waals surface area contributed by atoms with Crippen molar-refractivity contribution in [3.05, 3.63) is 18.3 Å². The lowest BCUT2D eigenvalue weighted by Crippen LogP contribution is -2.34. The van der Waals surface area contributed by atoms with Gasteiger partial charge < -0.3 is 19.9 Å². The van der Waals surface area contributed by atoms with Crippen LogP contribution in [0.5, 0.6) is 11.5 Å². The molecule has 1 fully saturated rings. The smallest absolute Gasteiger partial charge is 0.163 e. The highest BCUT2D eigenvalue weighted by atomic mass is 16.5. The predicted molar refractivity (Wildman–Crippen MR) is 89.1 cm³/mol. The average molecular weight is 317 g/mol. The Hall–Kier alpha value is -2.08. The summed E-state index contributed by atoms with van der Waals surface area (Å²) >= 11 is 0. The fourth-order valence-corrected chi connectivity index (χ4v) is 3.13. The molecule has 0 radical (unpaired) electrons. The molecule has 23 heavy (non-hydrogen) atoms. The Morgan fingerprint density at radius 2 is 1.83 bits per heavy atom. The van der Waals surface area contributed by atoms with Crippen molar-refractivity contribution in [2.75, 3.05) is 19.5 Å². The molecule has 0 unspecified atom stereocenters. The summed E-state index contributed by atoms with van der Waals surface area (Å²) in [5.41, 5.74) is 1.53. The molecule has 1 heterocycles. The number of rotatable bonds is 4. The molecular weight excluding hydrogens is 294 g/mol. The van der Waals surface area contributed by atoms with Gasteiger partial charge in [-0.25, -0.2) is 4.98 Å². The number of hydrogen-bond acceptors (Lipinski definition) is 6. The molecule has 0 bridgehead atoms. The first-order chi connectivity index (χ1) is 11.1. The summed E-state index contributed by atoms with van der Waals surface area (Å²) in [5, 5.41) is 13.3. The van der Waals surface area contributed by atoms with Crippen molar-refractivity contribution in [2.45, 2.75) is 38.3 Å². The number of aromatic nitrogens is 2. The molecular formula is C17H23N3O3. The van der Waals surface area contributed by atoms with Gasteiger partial charge in [0.15, 0.2) is 11.5 Å². The summed E-state index contributed by atoms with van der Waals surface area (Å²) in [4.78, 5) is 9.08. The van der Waals surface area contributed by atoms with Gasteiger partial charge in [0.25, 0.3) is 0 Å². The van der Waals surface area contributed by atoms with E-state index in [9.17, 15) is 5.11 Å². The van der Waals surface area contributed by atoms with Crippen LogP contribution in [-0.2, 0) is 0 Å². The quantitative estimate of drug-likeness (QED) is 0.903. The molecule has 124 valence electrons. The Bertz CT molecular complexity index is 692. The first kappa shape index (κ1) is 15.8. The van der Waals surface area contributed by atoms with E-state index in [-0.39, 0.29) is 6.10 Å². The van der Waals surface area contributed by atoms with Crippen LogP contribution in [0.4, 0.5) is 5.82 Å². The Morgan fingerprint density at radius 3 is 2.48 bits per heavy atom. The van der Waals surface area contributed by atoms with Crippen molar-refractivity contribution in [3.8, 4) is 11.5 Å². The van der Waals surface area contributed by atoms with E-state index in [1.165, 1.54) is 0 Å². The molecule has 1 aliphatic carbocycles. The lowest BCUT2D eigenvalue weighted by Gasteiger charge is -2.31. The van der Waals surface area contributed by atoms with Gasteiger partial charge >= 0.3 is 0 Å². The molecule has 0 amide bonds. The van der Waals surface area contributed by atoms with Gasteiger partial charge in [0.1, 0.15) is 5.82 Å². The van der Waals surface area contributed by atoms with Gasteiger partial charge in [-0.3, -0.25) is 4.98 Å². The van der Waals surface area contributed by atoms with E-state index in [1.807, 2.05) is 12.1 Å². The standard InChI is InChI=1S/C17H23N3O3/c1-10-6-11(4-5-14(10)21)19-17-9-18-12-7-15(22-2)16(23-3)8-13(12)20-17/h7-11,14,21H,4-6H2,1-3H3,(H,19,20)/t10-,11-,14-/m0/s1. The number of nitrogens with one attached hydrogen (secondary N) is 1. The van der Waals surface area contributed by atoms with Gasteiger partial charge in [-0.05, 0) is 25.2 Å². The fourth-order valence-electron chi connectivity index (χ4n) is 3.13. The molecule has 0 saturated heterocycles. The Morgan fingerprint density at radius 1 is 1.13 bits per heavy atom. The fraction of sp³-hybridized carbons (Fsp3) is 0.529. The Labute approximate surface area is 135 Å². The van der Waals surface area contributed by atoms with Crippen molar-refractivity contribution >= 4 is 16.9 Å². The third kappa shape index (κ3) is 3.32. The largest absolute Gasteiger partial charge is 0.493 e. The monoisotopic (exact) mass is 317 g/mol. The lowest BCUT2D eigenvalue weighted by atomic mass is 9.84. The molecule has 1 aromatic carbocycles. The number of benzene rings is 1. The summed E-state index contributed by atoms with van der Waals surface area (Å²) < 4.78 is 10.6. The first-order valence-corrected chi connectivity index (χ1v) is 7.94.